The summed E-state index contributed by atoms with van der Waals surface area (Å²) in [5.74, 6) is -4.26. The third-order valence-electron chi connectivity index (χ3n) is 1.59. The second kappa shape index (κ2) is 3.84. The van der Waals surface area contributed by atoms with Crippen LogP contribution in [0.4, 0.5) is 26.3 Å². The number of furan rings is 1. The van der Waals surface area contributed by atoms with Crippen LogP contribution >= 0.6 is 0 Å². The Kier molecular flexibility index (Phi) is 3.02. The lowest BCUT2D eigenvalue weighted by molar-refractivity contribution is -0.171. The first-order chi connectivity index (χ1) is 7.10. The number of alkyl halides is 6. The number of rotatable bonds is 2. The maximum absolute atomic E-state index is 12.0. The predicted molar refractivity (Wildman–Crippen MR) is 38.5 cm³/mol. The molecule has 0 aliphatic heterocycles. The first kappa shape index (κ1) is 12.6. The average molecular weight is 246 g/mol. The van der Waals surface area contributed by atoms with Gasteiger partial charge in [-0.05, 0) is 12.1 Å². The summed E-state index contributed by atoms with van der Waals surface area (Å²) < 4.78 is 75.3. The van der Waals surface area contributed by atoms with Crippen LogP contribution in [-0.2, 0) is 17.4 Å². The van der Waals surface area contributed by atoms with E-state index < -0.39 is 36.1 Å². The van der Waals surface area contributed by atoms with E-state index in [-0.39, 0.29) is 0 Å². The average Bonchev–Trinajstić information content (AvgIpc) is 2.49. The van der Waals surface area contributed by atoms with Crippen LogP contribution in [-0.4, -0.2) is 12.0 Å². The molecule has 0 atom stereocenters. The van der Waals surface area contributed by atoms with Crippen LogP contribution < -0.4 is 0 Å². The van der Waals surface area contributed by atoms with Crippen LogP contribution in [0.2, 0.25) is 0 Å². The summed E-state index contributed by atoms with van der Waals surface area (Å²) in [6.45, 7) is 0. The Balaban J connectivity index is 2.78. The predicted octanol–water partition coefficient (Wildman–Crippen LogP) is 2.97. The van der Waals surface area contributed by atoms with Gasteiger partial charge in [-0.3, -0.25) is 4.79 Å². The van der Waals surface area contributed by atoms with E-state index in [1.54, 1.807) is 0 Å². The van der Waals surface area contributed by atoms with Gasteiger partial charge in [0.2, 0.25) is 11.5 Å². The lowest BCUT2D eigenvalue weighted by atomic mass is 10.2. The van der Waals surface area contributed by atoms with Crippen molar-refractivity contribution in [1.82, 2.24) is 0 Å². The Bertz CT molecular complexity index is 386. The maximum Gasteiger partial charge on any atom is 0.450 e. The summed E-state index contributed by atoms with van der Waals surface area (Å²) in [6.07, 6.45) is -11.1. The standard InChI is InChI=1S/C8H4F6O2/c9-7(10,11)5(15)3-4-1-2-6(16-4)8(12,13)14/h1-2H,3H2. The van der Waals surface area contributed by atoms with Gasteiger partial charge in [0.15, 0.2) is 0 Å². The molecule has 0 saturated carbocycles. The van der Waals surface area contributed by atoms with Gasteiger partial charge in [0, 0.05) is 0 Å². The summed E-state index contributed by atoms with van der Waals surface area (Å²) in [6, 6.07) is 1.16. The molecule has 0 fully saturated rings. The monoisotopic (exact) mass is 246 g/mol. The molecule has 16 heavy (non-hydrogen) atoms. The highest BCUT2D eigenvalue weighted by Gasteiger charge is 2.39. The van der Waals surface area contributed by atoms with Gasteiger partial charge in [0.05, 0.1) is 6.42 Å². The lowest BCUT2D eigenvalue weighted by Gasteiger charge is -2.03. The number of ketones is 1. The van der Waals surface area contributed by atoms with Crippen LogP contribution in [0.5, 0.6) is 0 Å². The molecular weight excluding hydrogens is 242 g/mol. The number of carbonyl (C=O) groups is 1. The fourth-order valence-corrected chi connectivity index (χ4v) is 0.884. The van der Waals surface area contributed by atoms with Crippen molar-refractivity contribution in [3.63, 3.8) is 0 Å². The minimum absolute atomic E-state index is 0.471. The number of Topliss-reactive ketones (excluding diaryl/α,β-unsaturated/α-hetero) is 1. The van der Waals surface area contributed by atoms with Gasteiger partial charge in [0.1, 0.15) is 5.76 Å². The highest BCUT2D eigenvalue weighted by Crippen LogP contribution is 2.31. The summed E-state index contributed by atoms with van der Waals surface area (Å²) >= 11 is 0. The molecule has 1 aromatic heterocycles. The Morgan fingerprint density at radius 2 is 1.69 bits per heavy atom. The van der Waals surface area contributed by atoms with E-state index in [2.05, 4.69) is 4.42 Å². The summed E-state index contributed by atoms with van der Waals surface area (Å²) in [5.41, 5.74) is 0. The Labute approximate surface area is 84.8 Å². The number of hydrogen-bond acceptors (Lipinski definition) is 2. The Hall–Kier alpha value is -1.47. The number of carbonyl (C=O) groups excluding carboxylic acids is 1. The summed E-state index contributed by atoms with van der Waals surface area (Å²) in [5, 5.41) is 0. The largest absolute Gasteiger partial charge is 0.456 e. The molecular formula is C8H4F6O2. The molecule has 0 N–H and O–H groups in total. The van der Waals surface area contributed by atoms with Gasteiger partial charge >= 0.3 is 12.4 Å². The minimum Gasteiger partial charge on any atom is -0.456 e. The van der Waals surface area contributed by atoms with Gasteiger partial charge < -0.3 is 4.42 Å². The third kappa shape index (κ3) is 3.01. The second-order valence-electron chi connectivity index (χ2n) is 2.86. The van der Waals surface area contributed by atoms with Crippen LogP contribution in [0.1, 0.15) is 11.5 Å². The maximum atomic E-state index is 12.0. The van der Waals surface area contributed by atoms with E-state index in [4.69, 9.17) is 0 Å². The Morgan fingerprint density at radius 1 is 1.12 bits per heavy atom. The molecule has 0 amide bonds. The molecule has 0 saturated heterocycles. The van der Waals surface area contributed by atoms with Crippen LogP contribution in [0.15, 0.2) is 16.5 Å². The van der Waals surface area contributed by atoms with Gasteiger partial charge in [-0.15, -0.1) is 0 Å². The summed E-state index contributed by atoms with van der Waals surface area (Å²) in [4.78, 5) is 10.4. The zero-order chi connectivity index (χ0) is 12.6. The van der Waals surface area contributed by atoms with E-state index in [0.717, 1.165) is 0 Å². The van der Waals surface area contributed by atoms with E-state index in [1.807, 2.05) is 0 Å². The molecule has 0 aliphatic carbocycles. The smallest absolute Gasteiger partial charge is 0.450 e. The van der Waals surface area contributed by atoms with E-state index in [1.165, 1.54) is 0 Å². The zero-order valence-electron chi connectivity index (χ0n) is 7.45. The molecule has 8 heteroatoms. The highest BCUT2D eigenvalue weighted by molar-refractivity contribution is 5.85. The SMILES string of the molecule is O=C(Cc1ccc(C(F)(F)F)o1)C(F)(F)F. The zero-order valence-corrected chi connectivity index (χ0v) is 7.45. The van der Waals surface area contributed by atoms with Crippen LogP contribution in [0, 0.1) is 0 Å². The summed E-state index contributed by atoms with van der Waals surface area (Å²) in [7, 11) is 0. The molecule has 0 aromatic carbocycles. The normalized spacial score (nSPS) is 12.9. The van der Waals surface area contributed by atoms with Gasteiger partial charge in [-0.25, -0.2) is 0 Å². The first-order valence-corrected chi connectivity index (χ1v) is 3.86. The van der Waals surface area contributed by atoms with Crippen molar-refractivity contribution in [3.8, 4) is 0 Å². The number of hydrogen-bond donors (Lipinski definition) is 0. The first-order valence-electron chi connectivity index (χ1n) is 3.86. The van der Waals surface area contributed by atoms with Gasteiger partial charge in [0.25, 0.3) is 0 Å². The van der Waals surface area contributed by atoms with Crippen LogP contribution in [0.25, 0.3) is 0 Å². The fraction of sp³-hybridized carbons (Fsp3) is 0.375. The van der Waals surface area contributed by atoms with E-state index in [9.17, 15) is 31.1 Å². The van der Waals surface area contributed by atoms with Crippen molar-refractivity contribution in [1.29, 1.82) is 0 Å². The van der Waals surface area contributed by atoms with E-state index in [0.29, 0.717) is 12.1 Å². The van der Waals surface area contributed by atoms with Crippen molar-refractivity contribution in [2.45, 2.75) is 18.8 Å². The van der Waals surface area contributed by atoms with Crippen LogP contribution in [0.3, 0.4) is 0 Å². The van der Waals surface area contributed by atoms with Gasteiger partial charge in [-0.1, -0.05) is 0 Å². The van der Waals surface area contributed by atoms with E-state index >= 15 is 0 Å². The fourth-order valence-electron chi connectivity index (χ4n) is 0.884. The molecule has 0 unspecified atom stereocenters. The van der Waals surface area contributed by atoms with Gasteiger partial charge in [-0.2, -0.15) is 26.3 Å². The molecule has 0 radical (unpaired) electrons. The lowest BCUT2D eigenvalue weighted by Crippen LogP contribution is -2.24. The highest BCUT2D eigenvalue weighted by atomic mass is 19.4. The molecule has 2 nitrogen and oxygen atoms in total. The quantitative estimate of drug-likeness (QED) is 0.751. The third-order valence-corrected chi connectivity index (χ3v) is 1.59. The minimum atomic E-state index is -5.08. The molecule has 1 heterocycles. The molecule has 90 valence electrons. The number of halogens is 6. The van der Waals surface area contributed by atoms with Crippen molar-refractivity contribution in [2.75, 3.05) is 0 Å². The van der Waals surface area contributed by atoms with Crippen molar-refractivity contribution < 1.29 is 35.6 Å². The topological polar surface area (TPSA) is 30.2 Å². The molecule has 0 bridgehead atoms. The molecule has 1 aromatic rings. The molecule has 0 spiro atoms. The Morgan fingerprint density at radius 3 is 2.06 bits per heavy atom. The molecule has 0 aliphatic rings. The van der Waals surface area contributed by atoms with Crippen molar-refractivity contribution >= 4 is 5.78 Å². The molecule has 1 rings (SSSR count). The second-order valence-corrected chi connectivity index (χ2v) is 2.86. The van der Waals surface area contributed by atoms with Crippen molar-refractivity contribution in [3.05, 3.63) is 23.7 Å². The van der Waals surface area contributed by atoms with Crippen molar-refractivity contribution in [2.24, 2.45) is 0 Å².